The monoisotopic (exact) mass is 396 g/mol. The molecule has 0 aliphatic carbocycles. The lowest BCUT2D eigenvalue weighted by Crippen LogP contribution is -2.32. The third kappa shape index (κ3) is 3.98. The van der Waals surface area contributed by atoms with Crippen molar-refractivity contribution in [1.82, 2.24) is 20.5 Å². The largest absolute Gasteiger partial charge is 0.485 e. The summed E-state index contributed by atoms with van der Waals surface area (Å²) in [6.45, 7) is 3.99. The average molecular weight is 396 g/mol. The van der Waals surface area contributed by atoms with Crippen LogP contribution >= 0.6 is 0 Å². The zero-order chi connectivity index (χ0) is 20.4. The van der Waals surface area contributed by atoms with Crippen molar-refractivity contribution in [2.45, 2.75) is 26.4 Å². The van der Waals surface area contributed by atoms with Crippen molar-refractivity contribution in [3.63, 3.8) is 0 Å². The molecule has 150 valence electrons. The number of nitrogens with one attached hydrogen (secondary N) is 2. The number of nitrogens with zero attached hydrogens (tertiary/aromatic N) is 2. The Labute approximate surface area is 166 Å². The van der Waals surface area contributed by atoms with Gasteiger partial charge in [0.15, 0.2) is 29.2 Å². The maximum absolute atomic E-state index is 12.5. The fourth-order valence-electron chi connectivity index (χ4n) is 3.10. The third-order valence-corrected chi connectivity index (χ3v) is 4.50. The Morgan fingerprint density at radius 3 is 2.79 bits per heavy atom. The second-order valence-electron chi connectivity index (χ2n) is 6.70. The van der Waals surface area contributed by atoms with Gasteiger partial charge in [-0.15, -0.1) is 0 Å². The van der Waals surface area contributed by atoms with Gasteiger partial charge in [-0.2, -0.15) is 5.10 Å². The van der Waals surface area contributed by atoms with Gasteiger partial charge in [-0.05, 0) is 37.6 Å². The second kappa shape index (κ2) is 7.78. The first-order chi connectivity index (χ1) is 14.0. The average Bonchev–Trinajstić information content (AvgIpc) is 3.12. The van der Waals surface area contributed by atoms with Crippen LogP contribution in [0.2, 0.25) is 0 Å². The Morgan fingerprint density at radius 2 is 2.07 bits per heavy atom. The SMILES string of the molecule is Cc1nc(CCNC(=O)c2c(C)cc(C3COc4ccccc4O3)oc2=O)n[nH]1. The number of H-pyrrole nitrogens is 1. The lowest BCUT2D eigenvalue weighted by molar-refractivity contribution is 0.0721. The fourth-order valence-corrected chi connectivity index (χ4v) is 3.10. The van der Waals surface area contributed by atoms with E-state index in [1.165, 1.54) is 0 Å². The first-order valence-corrected chi connectivity index (χ1v) is 9.20. The lowest BCUT2D eigenvalue weighted by atomic mass is 10.1. The van der Waals surface area contributed by atoms with E-state index in [1.54, 1.807) is 32.0 Å². The number of hydrogen-bond acceptors (Lipinski definition) is 7. The number of carbonyl (C=O) groups is 1. The first kappa shape index (κ1) is 18.7. The number of fused-ring (bicyclic) bond motifs is 1. The van der Waals surface area contributed by atoms with Crippen molar-refractivity contribution >= 4 is 5.91 Å². The number of amides is 1. The summed E-state index contributed by atoms with van der Waals surface area (Å²) < 4.78 is 16.9. The Hall–Kier alpha value is -3.62. The van der Waals surface area contributed by atoms with Crippen LogP contribution in [0, 0.1) is 13.8 Å². The van der Waals surface area contributed by atoms with Crippen molar-refractivity contribution in [3.8, 4) is 11.5 Å². The number of aryl methyl sites for hydroxylation is 2. The van der Waals surface area contributed by atoms with Gasteiger partial charge in [-0.3, -0.25) is 9.89 Å². The third-order valence-electron chi connectivity index (χ3n) is 4.50. The van der Waals surface area contributed by atoms with Gasteiger partial charge < -0.3 is 19.2 Å². The molecule has 1 aromatic carbocycles. The number of benzene rings is 1. The summed E-state index contributed by atoms with van der Waals surface area (Å²) in [7, 11) is 0. The molecule has 0 saturated carbocycles. The highest BCUT2D eigenvalue weighted by molar-refractivity contribution is 5.95. The predicted molar refractivity (Wildman–Crippen MR) is 102 cm³/mol. The molecule has 3 heterocycles. The molecule has 1 aliphatic heterocycles. The number of para-hydroxylation sites is 2. The van der Waals surface area contributed by atoms with Crippen LogP contribution in [0.4, 0.5) is 0 Å². The van der Waals surface area contributed by atoms with Crippen molar-refractivity contribution in [1.29, 1.82) is 0 Å². The van der Waals surface area contributed by atoms with Gasteiger partial charge in [0.25, 0.3) is 5.91 Å². The molecule has 0 spiro atoms. The zero-order valence-corrected chi connectivity index (χ0v) is 16.0. The second-order valence-corrected chi connectivity index (χ2v) is 6.70. The van der Waals surface area contributed by atoms with Crippen LogP contribution in [0.15, 0.2) is 39.5 Å². The molecule has 1 unspecified atom stereocenters. The molecule has 2 N–H and O–H groups in total. The van der Waals surface area contributed by atoms with E-state index in [1.807, 2.05) is 12.1 Å². The van der Waals surface area contributed by atoms with E-state index in [4.69, 9.17) is 13.9 Å². The summed E-state index contributed by atoms with van der Waals surface area (Å²) in [5.41, 5.74) is -0.240. The van der Waals surface area contributed by atoms with E-state index in [2.05, 4.69) is 20.5 Å². The van der Waals surface area contributed by atoms with Crippen molar-refractivity contribution in [2.75, 3.05) is 13.2 Å². The summed E-state index contributed by atoms with van der Waals surface area (Å²) in [5, 5.41) is 9.45. The fraction of sp³-hybridized carbons (Fsp3) is 0.300. The van der Waals surface area contributed by atoms with Crippen molar-refractivity contribution in [3.05, 3.63) is 69.3 Å². The number of carbonyl (C=O) groups excluding carboxylic acids is 1. The number of hydrogen-bond donors (Lipinski definition) is 2. The Morgan fingerprint density at radius 1 is 1.28 bits per heavy atom. The molecule has 0 bridgehead atoms. The van der Waals surface area contributed by atoms with E-state index in [0.717, 1.165) is 0 Å². The van der Waals surface area contributed by atoms with Crippen LogP contribution in [0.25, 0.3) is 0 Å². The molecule has 2 aromatic heterocycles. The molecule has 9 heteroatoms. The maximum atomic E-state index is 12.5. The van der Waals surface area contributed by atoms with Gasteiger partial charge in [0, 0.05) is 13.0 Å². The summed E-state index contributed by atoms with van der Waals surface area (Å²) in [5.74, 6) is 2.33. The molecular weight excluding hydrogens is 376 g/mol. The molecule has 9 nitrogen and oxygen atoms in total. The molecule has 1 atom stereocenters. The minimum Gasteiger partial charge on any atom is -0.485 e. The standard InChI is InChI=1S/C20H20N4O5/c1-11-9-15(16-10-27-13-5-3-4-6-14(13)28-16)29-20(26)18(11)19(25)21-8-7-17-22-12(2)23-24-17/h3-6,9,16H,7-8,10H2,1-2H3,(H,21,25)(H,22,23,24). The summed E-state index contributed by atoms with van der Waals surface area (Å²) in [6.07, 6.45) is -0.118. The van der Waals surface area contributed by atoms with Crippen LogP contribution in [-0.4, -0.2) is 34.2 Å². The van der Waals surface area contributed by atoms with Gasteiger partial charge in [0.1, 0.15) is 18.0 Å². The van der Waals surface area contributed by atoms with E-state index >= 15 is 0 Å². The lowest BCUT2D eigenvalue weighted by Gasteiger charge is -2.25. The topological polar surface area (TPSA) is 119 Å². The van der Waals surface area contributed by atoms with Crippen LogP contribution in [0.3, 0.4) is 0 Å². The molecule has 4 rings (SSSR count). The molecular formula is C20H20N4O5. The number of ether oxygens (including phenoxy) is 2. The summed E-state index contributed by atoms with van der Waals surface area (Å²) >= 11 is 0. The highest BCUT2D eigenvalue weighted by atomic mass is 16.6. The Balaban J connectivity index is 1.46. The minimum atomic E-state index is -0.714. The smallest absolute Gasteiger partial charge is 0.349 e. The molecule has 1 aliphatic rings. The summed E-state index contributed by atoms with van der Waals surface area (Å²) in [6, 6.07) is 8.91. The van der Waals surface area contributed by atoms with E-state index in [-0.39, 0.29) is 12.2 Å². The van der Waals surface area contributed by atoms with Gasteiger partial charge in [-0.1, -0.05) is 12.1 Å². The number of aromatic nitrogens is 3. The van der Waals surface area contributed by atoms with Crippen molar-refractivity contribution < 1.29 is 18.7 Å². The van der Waals surface area contributed by atoms with Crippen LogP contribution in [0.5, 0.6) is 11.5 Å². The summed E-state index contributed by atoms with van der Waals surface area (Å²) in [4.78, 5) is 29.1. The molecule has 29 heavy (non-hydrogen) atoms. The Kier molecular flexibility index (Phi) is 5.03. The van der Waals surface area contributed by atoms with Gasteiger partial charge in [0.2, 0.25) is 0 Å². The van der Waals surface area contributed by atoms with E-state index in [9.17, 15) is 9.59 Å². The Bertz CT molecular complexity index is 1100. The quantitative estimate of drug-likeness (QED) is 0.675. The number of rotatable bonds is 5. The molecule has 1 amide bonds. The van der Waals surface area contributed by atoms with Gasteiger partial charge in [-0.25, -0.2) is 9.78 Å². The van der Waals surface area contributed by atoms with Crippen LogP contribution < -0.4 is 20.4 Å². The van der Waals surface area contributed by atoms with E-state index < -0.39 is 17.6 Å². The van der Waals surface area contributed by atoms with E-state index in [0.29, 0.717) is 47.4 Å². The predicted octanol–water partition coefficient (Wildman–Crippen LogP) is 1.86. The first-order valence-electron chi connectivity index (χ1n) is 9.20. The van der Waals surface area contributed by atoms with Gasteiger partial charge in [0.05, 0.1) is 0 Å². The van der Waals surface area contributed by atoms with Gasteiger partial charge >= 0.3 is 5.63 Å². The highest BCUT2D eigenvalue weighted by Crippen LogP contribution is 2.35. The van der Waals surface area contributed by atoms with Crippen LogP contribution in [-0.2, 0) is 6.42 Å². The highest BCUT2D eigenvalue weighted by Gasteiger charge is 2.27. The molecule has 0 saturated heterocycles. The molecule has 0 radical (unpaired) electrons. The normalized spacial score (nSPS) is 15.2. The minimum absolute atomic E-state index is 0.0305. The zero-order valence-electron chi connectivity index (χ0n) is 16.0. The maximum Gasteiger partial charge on any atom is 0.349 e. The van der Waals surface area contributed by atoms with Crippen LogP contribution in [0.1, 0.15) is 39.4 Å². The molecule has 0 fully saturated rings. The molecule has 3 aromatic rings. The number of aromatic amines is 1. The van der Waals surface area contributed by atoms with Crippen molar-refractivity contribution in [2.24, 2.45) is 0 Å².